The molecule has 20 heavy (non-hydrogen) atoms. The first-order valence-electron chi connectivity index (χ1n) is 7.04. The summed E-state index contributed by atoms with van der Waals surface area (Å²) in [7, 11) is 0. The minimum absolute atomic E-state index is 0.217. The highest BCUT2D eigenvalue weighted by molar-refractivity contribution is 5.35. The van der Waals surface area contributed by atoms with Gasteiger partial charge in [0.2, 0.25) is 0 Å². The van der Waals surface area contributed by atoms with E-state index in [1.807, 2.05) is 0 Å². The van der Waals surface area contributed by atoms with Crippen LogP contribution in [0.25, 0.3) is 0 Å². The third-order valence-corrected chi connectivity index (χ3v) is 3.84. The van der Waals surface area contributed by atoms with Gasteiger partial charge >= 0.3 is 0 Å². The third-order valence-electron chi connectivity index (χ3n) is 3.84. The molecule has 1 aromatic heterocycles. The van der Waals surface area contributed by atoms with E-state index >= 15 is 0 Å². The number of ether oxygens (including phenoxy) is 2. The van der Waals surface area contributed by atoms with E-state index in [4.69, 9.17) is 9.47 Å². The Hall–Kier alpha value is -1.24. The highest BCUT2D eigenvalue weighted by Gasteiger charge is 2.41. The van der Waals surface area contributed by atoms with Crippen molar-refractivity contribution in [2.24, 2.45) is 5.92 Å². The molecule has 0 aromatic carbocycles. The van der Waals surface area contributed by atoms with Crippen LogP contribution in [0.1, 0.15) is 6.42 Å². The van der Waals surface area contributed by atoms with Crippen molar-refractivity contribution >= 4 is 5.82 Å². The van der Waals surface area contributed by atoms with Crippen molar-refractivity contribution in [2.75, 3.05) is 44.8 Å². The quantitative estimate of drug-likeness (QED) is 0.866. The predicted molar refractivity (Wildman–Crippen MR) is 73.2 cm³/mol. The molecule has 3 rings (SSSR count). The van der Waals surface area contributed by atoms with Crippen LogP contribution in [0.2, 0.25) is 0 Å². The van der Waals surface area contributed by atoms with E-state index in [1.165, 1.54) is 6.07 Å². The van der Waals surface area contributed by atoms with Gasteiger partial charge in [0.05, 0.1) is 19.8 Å². The zero-order chi connectivity index (χ0) is 13.8. The van der Waals surface area contributed by atoms with Crippen molar-refractivity contribution in [3.05, 3.63) is 24.1 Å². The van der Waals surface area contributed by atoms with Gasteiger partial charge in [0, 0.05) is 31.7 Å². The molecule has 0 radical (unpaired) electrons. The molecule has 2 fully saturated rings. The summed E-state index contributed by atoms with van der Waals surface area (Å²) in [5.74, 6) is 0.337. The van der Waals surface area contributed by atoms with Gasteiger partial charge in [0.15, 0.2) is 11.6 Å². The fourth-order valence-corrected chi connectivity index (χ4v) is 2.82. The zero-order valence-electron chi connectivity index (χ0n) is 11.4. The molecule has 0 unspecified atom stereocenters. The number of hydrogen-bond donors (Lipinski definition) is 2. The Bertz CT molecular complexity index is 450. The van der Waals surface area contributed by atoms with E-state index in [0.717, 1.165) is 26.1 Å². The lowest BCUT2D eigenvalue weighted by molar-refractivity contribution is -0.0471. The van der Waals surface area contributed by atoms with Gasteiger partial charge in [-0.05, 0) is 18.6 Å². The molecule has 0 amide bonds. The molecule has 1 spiro atoms. The van der Waals surface area contributed by atoms with E-state index in [0.29, 0.717) is 31.5 Å². The summed E-state index contributed by atoms with van der Waals surface area (Å²) in [5, 5.41) is 6.41. The van der Waals surface area contributed by atoms with Crippen LogP contribution in [0, 0.1) is 11.7 Å². The Morgan fingerprint density at radius 2 is 2.50 bits per heavy atom. The zero-order valence-corrected chi connectivity index (χ0v) is 11.4. The molecule has 1 aromatic rings. The van der Waals surface area contributed by atoms with E-state index < -0.39 is 0 Å². The van der Waals surface area contributed by atoms with Gasteiger partial charge in [-0.1, -0.05) is 0 Å². The van der Waals surface area contributed by atoms with E-state index in [1.54, 1.807) is 12.3 Å². The fraction of sp³-hybridized carbons (Fsp3) is 0.643. The second-order valence-electron chi connectivity index (χ2n) is 5.51. The second-order valence-corrected chi connectivity index (χ2v) is 5.51. The maximum Gasteiger partial charge on any atom is 0.165 e. The van der Waals surface area contributed by atoms with Crippen LogP contribution in [0.3, 0.4) is 0 Å². The normalized spacial score (nSPS) is 30.4. The van der Waals surface area contributed by atoms with Crippen LogP contribution in [0.15, 0.2) is 18.3 Å². The number of nitrogens with one attached hydrogen (secondary N) is 2. The molecule has 0 bridgehead atoms. The maximum absolute atomic E-state index is 13.5. The summed E-state index contributed by atoms with van der Waals surface area (Å²) in [4.78, 5) is 3.99. The average Bonchev–Trinajstić information content (AvgIpc) is 2.70. The standard InChI is InChI=1S/C14H20FN3O2/c15-12-2-1-3-17-13(12)18-7-11-6-14(20-8-11)9-16-4-5-19-10-14/h1-3,11,16H,4-10H2,(H,17,18)/t11-,14-/m0/s1. The summed E-state index contributed by atoms with van der Waals surface area (Å²) in [6, 6.07) is 2.99. The topological polar surface area (TPSA) is 55.4 Å². The first-order chi connectivity index (χ1) is 9.77. The summed E-state index contributed by atoms with van der Waals surface area (Å²) in [5.41, 5.74) is -0.217. The highest BCUT2D eigenvalue weighted by atomic mass is 19.1. The number of nitrogens with zero attached hydrogens (tertiary/aromatic N) is 1. The first-order valence-corrected chi connectivity index (χ1v) is 7.04. The van der Waals surface area contributed by atoms with Crippen molar-refractivity contribution in [2.45, 2.75) is 12.0 Å². The average molecular weight is 281 g/mol. The largest absolute Gasteiger partial charge is 0.377 e. The number of halogens is 1. The summed E-state index contributed by atoms with van der Waals surface area (Å²) in [6.45, 7) is 4.39. The number of rotatable bonds is 3. The Morgan fingerprint density at radius 1 is 1.55 bits per heavy atom. The Balaban J connectivity index is 1.54. The molecule has 3 heterocycles. The van der Waals surface area contributed by atoms with Gasteiger partial charge in [0.1, 0.15) is 5.60 Å². The van der Waals surface area contributed by atoms with Crippen LogP contribution in [0.5, 0.6) is 0 Å². The maximum atomic E-state index is 13.5. The minimum Gasteiger partial charge on any atom is -0.377 e. The molecule has 0 aliphatic carbocycles. The molecule has 2 atom stereocenters. The molecular formula is C14H20FN3O2. The molecule has 2 N–H and O–H groups in total. The van der Waals surface area contributed by atoms with Gasteiger partial charge in [-0.2, -0.15) is 0 Å². The van der Waals surface area contributed by atoms with Crippen molar-refractivity contribution < 1.29 is 13.9 Å². The predicted octanol–water partition coefficient (Wildman–Crippen LogP) is 1.03. The van der Waals surface area contributed by atoms with E-state index in [2.05, 4.69) is 15.6 Å². The molecule has 6 heteroatoms. The van der Waals surface area contributed by atoms with E-state index in [9.17, 15) is 4.39 Å². The number of aromatic nitrogens is 1. The summed E-state index contributed by atoms with van der Waals surface area (Å²) in [6.07, 6.45) is 2.50. The molecular weight excluding hydrogens is 261 g/mol. The monoisotopic (exact) mass is 281 g/mol. The van der Waals surface area contributed by atoms with Crippen molar-refractivity contribution in [3.8, 4) is 0 Å². The summed E-state index contributed by atoms with van der Waals surface area (Å²) >= 11 is 0. The van der Waals surface area contributed by atoms with E-state index in [-0.39, 0.29) is 11.4 Å². The molecule has 110 valence electrons. The molecule has 2 saturated heterocycles. The van der Waals surface area contributed by atoms with Gasteiger partial charge < -0.3 is 20.1 Å². The first kappa shape index (κ1) is 13.7. The molecule has 2 aliphatic rings. The van der Waals surface area contributed by atoms with Crippen molar-refractivity contribution in [1.82, 2.24) is 10.3 Å². The Kier molecular flexibility index (Phi) is 4.14. The molecule has 2 aliphatic heterocycles. The van der Waals surface area contributed by atoms with Crippen LogP contribution < -0.4 is 10.6 Å². The summed E-state index contributed by atoms with van der Waals surface area (Å²) < 4.78 is 25.0. The number of hydrogen-bond acceptors (Lipinski definition) is 5. The SMILES string of the molecule is Fc1cccnc1NC[C@H]1CO[C@]2(CNCCOC2)C1. The smallest absolute Gasteiger partial charge is 0.165 e. The Morgan fingerprint density at radius 3 is 3.40 bits per heavy atom. The molecule has 5 nitrogen and oxygen atoms in total. The lowest BCUT2D eigenvalue weighted by Gasteiger charge is -2.25. The van der Waals surface area contributed by atoms with Gasteiger partial charge in [0.25, 0.3) is 0 Å². The van der Waals surface area contributed by atoms with Crippen LogP contribution in [-0.4, -0.2) is 50.0 Å². The second kappa shape index (κ2) is 6.03. The van der Waals surface area contributed by atoms with Gasteiger partial charge in [-0.25, -0.2) is 9.37 Å². The van der Waals surface area contributed by atoms with Gasteiger partial charge in [-0.3, -0.25) is 0 Å². The molecule has 0 saturated carbocycles. The Labute approximate surface area is 117 Å². The number of pyridine rings is 1. The van der Waals surface area contributed by atoms with Crippen molar-refractivity contribution in [1.29, 1.82) is 0 Å². The number of anilines is 1. The lowest BCUT2D eigenvalue weighted by atomic mass is 9.94. The minimum atomic E-state index is -0.319. The highest BCUT2D eigenvalue weighted by Crippen LogP contribution is 2.31. The fourth-order valence-electron chi connectivity index (χ4n) is 2.82. The third kappa shape index (κ3) is 3.08. The van der Waals surface area contributed by atoms with Crippen LogP contribution >= 0.6 is 0 Å². The lowest BCUT2D eigenvalue weighted by Crippen LogP contribution is -2.42. The van der Waals surface area contributed by atoms with Crippen LogP contribution in [0.4, 0.5) is 10.2 Å². The van der Waals surface area contributed by atoms with Gasteiger partial charge in [-0.15, -0.1) is 0 Å². The van der Waals surface area contributed by atoms with Crippen LogP contribution in [-0.2, 0) is 9.47 Å². The van der Waals surface area contributed by atoms with Crippen molar-refractivity contribution in [3.63, 3.8) is 0 Å².